The maximum Gasteiger partial charge on any atom is 0.0589 e. The van der Waals surface area contributed by atoms with E-state index in [1.165, 1.54) is 0 Å². The van der Waals surface area contributed by atoms with Gasteiger partial charge in [-0.2, -0.15) is 0 Å². The van der Waals surface area contributed by atoms with Crippen molar-refractivity contribution in [3.05, 3.63) is 29.0 Å². The van der Waals surface area contributed by atoms with Crippen LogP contribution in [-0.4, -0.2) is 17.6 Å². The third kappa shape index (κ3) is 5.98. The fourth-order valence-electron chi connectivity index (χ4n) is 1.37. The Labute approximate surface area is 103 Å². The molecule has 86 valence electrons. The first kappa shape index (κ1) is 14.7. The van der Waals surface area contributed by atoms with Gasteiger partial charge in [0, 0.05) is 17.9 Å². The molecule has 0 fully saturated rings. The molecule has 1 aromatic rings. The van der Waals surface area contributed by atoms with E-state index in [1.54, 1.807) is 6.20 Å². The van der Waals surface area contributed by atoms with Crippen LogP contribution in [0.2, 0.25) is 5.02 Å². The molecule has 15 heavy (non-hydrogen) atoms. The molecule has 1 rings (SSSR count). The van der Waals surface area contributed by atoms with E-state index in [1.807, 2.05) is 12.1 Å². The lowest BCUT2D eigenvalue weighted by Gasteiger charge is -2.11. The van der Waals surface area contributed by atoms with Gasteiger partial charge in [-0.1, -0.05) is 18.5 Å². The summed E-state index contributed by atoms with van der Waals surface area (Å²) in [5.74, 6) is 0. The molecule has 0 aliphatic carbocycles. The number of aryl methyl sites for hydroxylation is 1. The van der Waals surface area contributed by atoms with Gasteiger partial charge in [0.25, 0.3) is 0 Å². The molecular weight excluding hydrogens is 231 g/mol. The zero-order chi connectivity index (χ0) is 10.4. The smallest absolute Gasteiger partial charge is 0.0589 e. The SMILES string of the molecule is CCN[C@@H](C)CCc1ccc(Cl)cn1.Cl. The molecule has 1 heterocycles. The van der Waals surface area contributed by atoms with Crippen LogP contribution in [0.5, 0.6) is 0 Å². The number of rotatable bonds is 5. The average Bonchev–Trinajstić information content (AvgIpc) is 2.17. The van der Waals surface area contributed by atoms with Crippen LogP contribution in [0.25, 0.3) is 0 Å². The van der Waals surface area contributed by atoms with Gasteiger partial charge in [0.1, 0.15) is 0 Å². The molecule has 0 unspecified atom stereocenters. The number of halogens is 2. The van der Waals surface area contributed by atoms with E-state index in [0.717, 1.165) is 25.1 Å². The van der Waals surface area contributed by atoms with Crippen molar-refractivity contribution in [1.29, 1.82) is 0 Å². The Morgan fingerprint density at radius 1 is 1.47 bits per heavy atom. The molecule has 1 atom stereocenters. The van der Waals surface area contributed by atoms with Gasteiger partial charge in [0.15, 0.2) is 0 Å². The Hall–Kier alpha value is -0.310. The third-order valence-electron chi connectivity index (χ3n) is 2.17. The standard InChI is InChI=1S/C11H17ClN2.ClH/c1-3-13-9(2)4-6-11-7-5-10(12)8-14-11;/h5,7-9,13H,3-4,6H2,1-2H3;1H/t9-;/m0./s1. The maximum absolute atomic E-state index is 5.75. The van der Waals surface area contributed by atoms with Gasteiger partial charge in [0.05, 0.1) is 5.02 Å². The van der Waals surface area contributed by atoms with Crippen LogP contribution in [0.3, 0.4) is 0 Å². The van der Waals surface area contributed by atoms with E-state index < -0.39 is 0 Å². The Balaban J connectivity index is 0.00000196. The van der Waals surface area contributed by atoms with Gasteiger partial charge in [0.2, 0.25) is 0 Å². The Morgan fingerprint density at radius 2 is 2.20 bits per heavy atom. The summed E-state index contributed by atoms with van der Waals surface area (Å²) in [6, 6.07) is 4.43. The number of hydrogen-bond donors (Lipinski definition) is 1. The molecule has 0 amide bonds. The Bertz CT molecular complexity index is 262. The summed E-state index contributed by atoms with van der Waals surface area (Å²) in [6.07, 6.45) is 3.82. The van der Waals surface area contributed by atoms with Gasteiger partial charge in [-0.25, -0.2) is 0 Å². The molecule has 0 aliphatic rings. The topological polar surface area (TPSA) is 24.9 Å². The molecule has 1 N–H and O–H groups in total. The van der Waals surface area contributed by atoms with Gasteiger partial charge in [-0.15, -0.1) is 12.4 Å². The average molecular weight is 249 g/mol. The summed E-state index contributed by atoms with van der Waals surface area (Å²) >= 11 is 5.75. The lowest BCUT2D eigenvalue weighted by molar-refractivity contribution is 0.528. The zero-order valence-corrected chi connectivity index (χ0v) is 10.7. The first-order valence-corrected chi connectivity index (χ1v) is 5.44. The molecule has 0 aromatic carbocycles. The van der Waals surface area contributed by atoms with Crippen molar-refractivity contribution in [3.63, 3.8) is 0 Å². The molecule has 4 heteroatoms. The number of hydrogen-bond acceptors (Lipinski definition) is 2. The van der Waals surface area contributed by atoms with E-state index in [4.69, 9.17) is 11.6 Å². The zero-order valence-electron chi connectivity index (χ0n) is 9.16. The summed E-state index contributed by atoms with van der Waals surface area (Å²) in [4.78, 5) is 4.25. The summed E-state index contributed by atoms with van der Waals surface area (Å²) < 4.78 is 0. The summed E-state index contributed by atoms with van der Waals surface area (Å²) in [5, 5.41) is 4.08. The van der Waals surface area contributed by atoms with Gasteiger partial charge >= 0.3 is 0 Å². The number of pyridine rings is 1. The number of nitrogens with one attached hydrogen (secondary N) is 1. The largest absolute Gasteiger partial charge is 0.315 e. The van der Waals surface area contributed by atoms with Crippen molar-refractivity contribution in [3.8, 4) is 0 Å². The van der Waals surface area contributed by atoms with Gasteiger partial charge in [-0.05, 0) is 38.4 Å². The van der Waals surface area contributed by atoms with Crippen LogP contribution in [0.1, 0.15) is 26.0 Å². The predicted octanol–water partition coefficient (Wildman–Crippen LogP) is 3.09. The molecule has 0 aliphatic heterocycles. The third-order valence-corrected chi connectivity index (χ3v) is 2.40. The summed E-state index contributed by atoms with van der Waals surface area (Å²) in [6.45, 7) is 5.34. The van der Waals surface area contributed by atoms with E-state index in [0.29, 0.717) is 11.1 Å². The summed E-state index contributed by atoms with van der Waals surface area (Å²) in [5.41, 5.74) is 1.11. The highest BCUT2D eigenvalue weighted by atomic mass is 35.5. The lowest BCUT2D eigenvalue weighted by atomic mass is 10.1. The molecule has 2 nitrogen and oxygen atoms in total. The van der Waals surface area contributed by atoms with Gasteiger partial charge in [-0.3, -0.25) is 4.98 Å². The second-order valence-electron chi connectivity index (χ2n) is 3.47. The van der Waals surface area contributed by atoms with Crippen molar-refractivity contribution in [2.45, 2.75) is 32.7 Å². The van der Waals surface area contributed by atoms with Crippen molar-refractivity contribution in [2.75, 3.05) is 6.54 Å². The summed E-state index contributed by atoms with van der Waals surface area (Å²) in [7, 11) is 0. The predicted molar refractivity (Wildman–Crippen MR) is 68.0 cm³/mol. The van der Waals surface area contributed by atoms with Crippen LogP contribution < -0.4 is 5.32 Å². The van der Waals surface area contributed by atoms with Crippen molar-refractivity contribution < 1.29 is 0 Å². The molecule has 0 saturated heterocycles. The van der Waals surface area contributed by atoms with Gasteiger partial charge < -0.3 is 5.32 Å². The van der Waals surface area contributed by atoms with Crippen LogP contribution in [0, 0.1) is 0 Å². The molecule has 0 radical (unpaired) electrons. The van der Waals surface area contributed by atoms with Crippen molar-refractivity contribution in [2.24, 2.45) is 0 Å². The minimum Gasteiger partial charge on any atom is -0.315 e. The first-order valence-electron chi connectivity index (χ1n) is 5.06. The Morgan fingerprint density at radius 3 is 2.73 bits per heavy atom. The second kappa shape index (κ2) is 7.91. The Kier molecular flexibility index (Phi) is 7.75. The van der Waals surface area contributed by atoms with E-state index in [-0.39, 0.29) is 12.4 Å². The fourth-order valence-corrected chi connectivity index (χ4v) is 1.48. The fraction of sp³-hybridized carbons (Fsp3) is 0.545. The van der Waals surface area contributed by atoms with E-state index in [9.17, 15) is 0 Å². The highest BCUT2D eigenvalue weighted by molar-refractivity contribution is 6.30. The highest BCUT2D eigenvalue weighted by Gasteiger charge is 2.01. The monoisotopic (exact) mass is 248 g/mol. The van der Waals surface area contributed by atoms with Crippen molar-refractivity contribution in [1.82, 2.24) is 10.3 Å². The van der Waals surface area contributed by atoms with Crippen LogP contribution >= 0.6 is 24.0 Å². The minimum absolute atomic E-state index is 0. The lowest BCUT2D eigenvalue weighted by Crippen LogP contribution is -2.25. The first-order chi connectivity index (χ1) is 6.72. The molecule has 0 bridgehead atoms. The van der Waals surface area contributed by atoms with Crippen LogP contribution in [0.15, 0.2) is 18.3 Å². The van der Waals surface area contributed by atoms with E-state index >= 15 is 0 Å². The highest BCUT2D eigenvalue weighted by Crippen LogP contribution is 2.08. The number of aromatic nitrogens is 1. The molecule has 0 spiro atoms. The molecular formula is C11H18Cl2N2. The maximum atomic E-state index is 5.75. The quantitative estimate of drug-likeness (QED) is 0.867. The minimum atomic E-state index is 0. The normalized spacial score (nSPS) is 11.9. The van der Waals surface area contributed by atoms with E-state index in [2.05, 4.69) is 24.1 Å². The van der Waals surface area contributed by atoms with Crippen molar-refractivity contribution >= 4 is 24.0 Å². The molecule has 0 saturated carbocycles. The molecule has 1 aromatic heterocycles. The van der Waals surface area contributed by atoms with Crippen LogP contribution in [-0.2, 0) is 6.42 Å². The number of nitrogens with zero attached hydrogens (tertiary/aromatic N) is 1. The van der Waals surface area contributed by atoms with Crippen LogP contribution in [0.4, 0.5) is 0 Å². The second-order valence-corrected chi connectivity index (χ2v) is 3.90.